The molecule has 0 spiro atoms. The van der Waals surface area contributed by atoms with E-state index < -0.39 is 45.4 Å². The number of alkyl halides is 2. The van der Waals surface area contributed by atoms with Gasteiger partial charge in [-0.2, -0.15) is 0 Å². The highest BCUT2D eigenvalue weighted by Crippen LogP contribution is 2.69. The second kappa shape index (κ2) is 8.07. The predicted octanol–water partition coefficient (Wildman–Crippen LogP) is 5.36. The number of ether oxygens (including phenoxy) is 1. The van der Waals surface area contributed by atoms with E-state index in [1.807, 2.05) is 48.5 Å². The van der Waals surface area contributed by atoms with Crippen LogP contribution in [0.2, 0.25) is 5.02 Å². The third kappa shape index (κ3) is 2.94. The van der Waals surface area contributed by atoms with Crippen LogP contribution in [-0.4, -0.2) is 28.7 Å². The lowest BCUT2D eigenvalue weighted by atomic mass is 9.54. The van der Waals surface area contributed by atoms with Gasteiger partial charge in [0.25, 0.3) is 0 Å². The minimum Gasteiger partial charge on any atom is -0.459 e. The van der Waals surface area contributed by atoms with Crippen LogP contribution in [0, 0.1) is 11.8 Å². The number of carbonyl (C=O) groups is 3. The average molecular weight is 541 g/mol. The number of nitrogens with zero attached hydrogens (tertiary/aromatic N) is 1. The Kier molecular flexibility index (Phi) is 5.28. The van der Waals surface area contributed by atoms with Crippen molar-refractivity contribution in [2.24, 2.45) is 11.8 Å². The fourth-order valence-corrected chi connectivity index (χ4v) is 7.26. The summed E-state index contributed by atoms with van der Waals surface area (Å²) >= 11 is 20.7. The van der Waals surface area contributed by atoms with Crippen molar-refractivity contribution < 1.29 is 19.1 Å². The normalized spacial score (nSPS) is 28.4. The van der Waals surface area contributed by atoms with Gasteiger partial charge in [0.1, 0.15) is 22.4 Å². The highest BCUT2D eigenvalue weighted by molar-refractivity contribution is 6.36. The van der Waals surface area contributed by atoms with Crippen LogP contribution in [-0.2, 0) is 35.5 Å². The smallest absolute Gasteiger partial charge is 0.329 e. The summed E-state index contributed by atoms with van der Waals surface area (Å²) in [5.41, 5.74) is 3.58. The number of likely N-dealkylation sites (tertiary alicyclic amines) is 1. The maximum atomic E-state index is 13.9. The number of hydrogen-bond donors (Lipinski definition) is 0. The topological polar surface area (TPSA) is 63.7 Å². The van der Waals surface area contributed by atoms with Gasteiger partial charge in [0, 0.05) is 5.02 Å². The average Bonchev–Trinajstić information content (AvgIpc) is 3.17. The molecule has 2 amide bonds. The predicted molar refractivity (Wildman–Crippen MR) is 136 cm³/mol. The summed E-state index contributed by atoms with van der Waals surface area (Å²) in [5, 5.41) is 0.566. The second-order valence-corrected chi connectivity index (χ2v) is 11.1. The van der Waals surface area contributed by atoms with Crippen LogP contribution in [0.4, 0.5) is 0 Å². The Balaban J connectivity index is 1.38. The molecule has 7 rings (SSSR count). The molecule has 3 aromatic rings. The fourth-order valence-electron chi connectivity index (χ4n) is 6.03. The van der Waals surface area contributed by atoms with Crippen molar-refractivity contribution in [3.05, 3.63) is 106 Å². The molecule has 182 valence electrons. The zero-order valence-electron chi connectivity index (χ0n) is 19.1. The minimum absolute atomic E-state index is 0.0147. The molecular formula is C28H20Cl3NO4. The molecule has 3 aliphatic carbocycles. The zero-order valence-corrected chi connectivity index (χ0v) is 21.3. The van der Waals surface area contributed by atoms with Gasteiger partial charge in [-0.05, 0) is 46.9 Å². The van der Waals surface area contributed by atoms with E-state index in [0.29, 0.717) is 27.3 Å². The van der Waals surface area contributed by atoms with E-state index in [4.69, 9.17) is 39.5 Å². The second-order valence-electron chi connectivity index (χ2n) is 9.43. The minimum atomic E-state index is -1.29. The van der Waals surface area contributed by atoms with Crippen molar-refractivity contribution >= 4 is 52.6 Å². The SMILES string of the molecule is C[C@H](C(=O)OCc1ccc(Cl)cc1)N1C(=O)[C@@H]2[C@H](C1=O)C1(Cl)c3ccccc3C2(Cl)c2ccccc21. The molecule has 1 fully saturated rings. The van der Waals surface area contributed by atoms with Gasteiger partial charge in [0.15, 0.2) is 0 Å². The van der Waals surface area contributed by atoms with Gasteiger partial charge in [-0.1, -0.05) is 72.3 Å². The molecule has 2 bridgehead atoms. The molecule has 0 unspecified atom stereocenters. The van der Waals surface area contributed by atoms with Crippen molar-refractivity contribution in [3.8, 4) is 0 Å². The standard InChI is InChI=1S/C28H20Cl3NO4/c1-15(26(35)36-14-16-10-12-17(29)13-11-16)32-24(33)22-23(25(32)34)28(31)19-7-3-2-6-18(19)27(22,30)20-8-4-5-9-21(20)28/h2-13,15,22-23H,14H2,1H3/t15-,22-,23+,27?,28?/m1/s1. The van der Waals surface area contributed by atoms with Crippen molar-refractivity contribution in [1.82, 2.24) is 4.90 Å². The van der Waals surface area contributed by atoms with Crippen LogP contribution in [0.1, 0.15) is 34.7 Å². The van der Waals surface area contributed by atoms with E-state index in [9.17, 15) is 14.4 Å². The Labute approximate surface area is 222 Å². The molecule has 0 radical (unpaired) electrons. The highest BCUT2D eigenvalue weighted by atomic mass is 35.5. The first-order valence-electron chi connectivity index (χ1n) is 11.6. The molecule has 4 aliphatic rings. The molecule has 0 N–H and O–H groups in total. The monoisotopic (exact) mass is 539 g/mol. The zero-order chi connectivity index (χ0) is 25.4. The van der Waals surface area contributed by atoms with E-state index >= 15 is 0 Å². The fraction of sp³-hybridized carbons (Fsp3) is 0.250. The number of imide groups is 1. The van der Waals surface area contributed by atoms with Gasteiger partial charge in [-0.15, -0.1) is 23.2 Å². The van der Waals surface area contributed by atoms with Gasteiger partial charge in [-0.25, -0.2) is 4.79 Å². The van der Waals surface area contributed by atoms with E-state index in [1.165, 1.54) is 6.92 Å². The first-order chi connectivity index (χ1) is 17.2. The maximum absolute atomic E-state index is 13.9. The van der Waals surface area contributed by atoms with E-state index in [0.717, 1.165) is 10.5 Å². The van der Waals surface area contributed by atoms with Crippen LogP contribution in [0.5, 0.6) is 0 Å². The third-order valence-corrected chi connectivity index (χ3v) is 9.18. The Morgan fingerprint density at radius 1 is 0.833 bits per heavy atom. The number of carbonyl (C=O) groups excluding carboxylic acids is 3. The number of rotatable bonds is 4. The largest absolute Gasteiger partial charge is 0.459 e. The quantitative estimate of drug-likeness (QED) is 0.254. The molecule has 36 heavy (non-hydrogen) atoms. The van der Waals surface area contributed by atoms with Gasteiger partial charge < -0.3 is 4.74 Å². The number of amides is 2. The van der Waals surface area contributed by atoms with Crippen LogP contribution in [0.25, 0.3) is 0 Å². The summed E-state index contributed by atoms with van der Waals surface area (Å²) in [4.78, 5) is 39.2. The first-order valence-corrected chi connectivity index (χ1v) is 12.7. The molecule has 8 heteroatoms. The lowest BCUT2D eigenvalue weighted by Crippen LogP contribution is -2.57. The highest BCUT2D eigenvalue weighted by Gasteiger charge is 2.73. The first kappa shape index (κ1) is 23.5. The van der Waals surface area contributed by atoms with Crippen LogP contribution < -0.4 is 0 Å². The summed E-state index contributed by atoms with van der Waals surface area (Å²) in [6.45, 7) is 1.47. The summed E-state index contributed by atoms with van der Waals surface area (Å²) in [7, 11) is 0. The summed E-state index contributed by atoms with van der Waals surface area (Å²) in [6.07, 6.45) is 0. The Morgan fingerprint density at radius 3 is 1.67 bits per heavy atom. The molecule has 1 heterocycles. The van der Waals surface area contributed by atoms with E-state index in [2.05, 4.69) is 0 Å². The Bertz CT molecular complexity index is 1320. The van der Waals surface area contributed by atoms with E-state index in [-0.39, 0.29) is 6.61 Å². The maximum Gasteiger partial charge on any atom is 0.329 e. The van der Waals surface area contributed by atoms with Gasteiger partial charge in [0.05, 0.1) is 11.8 Å². The molecule has 0 saturated carbocycles. The van der Waals surface area contributed by atoms with Crippen molar-refractivity contribution in [2.75, 3.05) is 0 Å². The van der Waals surface area contributed by atoms with Gasteiger partial charge in [-0.3, -0.25) is 14.5 Å². The van der Waals surface area contributed by atoms with Crippen molar-refractivity contribution in [3.63, 3.8) is 0 Å². The van der Waals surface area contributed by atoms with Crippen LogP contribution in [0.15, 0.2) is 72.8 Å². The molecule has 1 saturated heterocycles. The molecular weight excluding hydrogens is 521 g/mol. The Hall–Kier alpha value is -2.86. The van der Waals surface area contributed by atoms with Gasteiger partial charge >= 0.3 is 5.97 Å². The Morgan fingerprint density at radius 2 is 1.25 bits per heavy atom. The number of benzene rings is 3. The lowest BCUT2D eigenvalue weighted by molar-refractivity contribution is -0.159. The number of hydrogen-bond acceptors (Lipinski definition) is 4. The molecule has 3 aromatic carbocycles. The van der Waals surface area contributed by atoms with Gasteiger partial charge in [0.2, 0.25) is 11.8 Å². The van der Waals surface area contributed by atoms with Crippen LogP contribution in [0.3, 0.4) is 0 Å². The van der Waals surface area contributed by atoms with Crippen LogP contribution >= 0.6 is 34.8 Å². The van der Waals surface area contributed by atoms with Crippen molar-refractivity contribution in [2.45, 2.75) is 29.3 Å². The molecule has 3 atom stereocenters. The number of esters is 1. The number of halogens is 3. The molecule has 5 nitrogen and oxygen atoms in total. The third-order valence-electron chi connectivity index (χ3n) is 7.64. The molecule has 0 aromatic heterocycles. The van der Waals surface area contributed by atoms with E-state index in [1.54, 1.807) is 24.3 Å². The summed E-state index contributed by atoms with van der Waals surface area (Å²) in [5.74, 6) is -3.66. The van der Waals surface area contributed by atoms with Crippen molar-refractivity contribution in [1.29, 1.82) is 0 Å². The summed E-state index contributed by atoms with van der Waals surface area (Å²) < 4.78 is 5.44. The lowest BCUT2D eigenvalue weighted by Gasteiger charge is -2.54. The summed E-state index contributed by atoms with van der Waals surface area (Å²) in [6, 6.07) is 20.5. The molecule has 1 aliphatic heterocycles.